The molecule has 0 unspecified atom stereocenters. The van der Waals surface area contributed by atoms with E-state index in [0.717, 1.165) is 17.7 Å². The molecule has 2 aromatic rings. The van der Waals surface area contributed by atoms with Crippen molar-refractivity contribution in [3.8, 4) is 0 Å². The highest BCUT2D eigenvalue weighted by Crippen LogP contribution is 2.22. The van der Waals surface area contributed by atoms with Gasteiger partial charge in [-0.2, -0.15) is 0 Å². The van der Waals surface area contributed by atoms with Gasteiger partial charge in [-0.15, -0.1) is 11.3 Å². The summed E-state index contributed by atoms with van der Waals surface area (Å²) in [5.41, 5.74) is 0.574. The van der Waals surface area contributed by atoms with E-state index in [9.17, 15) is 24.2 Å². The topological polar surface area (TPSA) is 124 Å². The van der Waals surface area contributed by atoms with Gasteiger partial charge in [0, 0.05) is 57.8 Å². The van der Waals surface area contributed by atoms with Crippen LogP contribution in [-0.2, 0) is 25.5 Å². The Kier molecular flexibility index (Phi) is 12.7. The van der Waals surface area contributed by atoms with E-state index in [1.54, 1.807) is 29.3 Å². The maximum absolute atomic E-state index is 14.0. The minimum atomic E-state index is -1.19. The first kappa shape index (κ1) is 31.1. The Bertz CT molecular complexity index is 1060. The zero-order chi connectivity index (χ0) is 28.2. The smallest absolute Gasteiger partial charge is 0.240 e. The first-order valence-corrected chi connectivity index (χ1v) is 14.0. The van der Waals surface area contributed by atoms with Crippen LogP contribution in [0.5, 0.6) is 0 Å². The molecule has 0 bridgehead atoms. The van der Waals surface area contributed by atoms with Crippen molar-refractivity contribution in [2.45, 2.75) is 50.9 Å². The molecule has 3 rings (SSSR count). The lowest BCUT2D eigenvalue weighted by Gasteiger charge is -2.31. The number of aliphatic hydroxyl groups excluding tert-OH is 2. The Hall–Kier alpha value is -2.48. The van der Waals surface area contributed by atoms with E-state index < -0.39 is 18.3 Å². The van der Waals surface area contributed by atoms with Gasteiger partial charge in [-0.1, -0.05) is 18.2 Å². The zero-order valence-corrected chi connectivity index (χ0v) is 23.4. The molecular formula is C27H39FN4O6S. The van der Waals surface area contributed by atoms with Gasteiger partial charge in [-0.25, -0.2) is 9.37 Å². The number of aromatic nitrogens is 1. The number of hydrogen-bond acceptors (Lipinski definition) is 9. The molecule has 3 atom stereocenters. The van der Waals surface area contributed by atoms with Crippen LogP contribution in [0, 0.1) is 5.82 Å². The lowest BCUT2D eigenvalue weighted by atomic mass is 10.1. The third-order valence-electron chi connectivity index (χ3n) is 6.62. The van der Waals surface area contributed by atoms with E-state index in [1.165, 1.54) is 31.4 Å². The number of nitrogens with one attached hydrogen (secondary N) is 1. The number of halogens is 1. The van der Waals surface area contributed by atoms with Crippen molar-refractivity contribution in [3.05, 3.63) is 46.7 Å². The number of amides is 2. The minimum Gasteiger partial charge on any atom is -0.388 e. The highest BCUT2D eigenvalue weighted by Gasteiger charge is 2.29. The number of benzene rings is 1. The van der Waals surface area contributed by atoms with Crippen molar-refractivity contribution in [2.24, 2.45) is 0 Å². The van der Waals surface area contributed by atoms with Crippen LogP contribution in [0.1, 0.15) is 36.6 Å². The molecule has 1 fully saturated rings. The molecule has 1 aliphatic rings. The molecule has 0 radical (unpaired) electrons. The molecule has 12 heteroatoms. The van der Waals surface area contributed by atoms with Crippen molar-refractivity contribution < 1.29 is 33.7 Å². The monoisotopic (exact) mass is 566 g/mol. The van der Waals surface area contributed by atoms with Crippen LogP contribution in [-0.4, -0.2) is 108 Å². The molecule has 1 saturated heterocycles. The van der Waals surface area contributed by atoms with Gasteiger partial charge < -0.3 is 29.9 Å². The fourth-order valence-corrected chi connectivity index (χ4v) is 5.25. The van der Waals surface area contributed by atoms with Crippen molar-refractivity contribution in [1.82, 2.24) is 14.8 Å². The third-order valence-corrected chi connectivity index (χ3v) is 7.53. The average molecular weight is 567 g/mol. The molecular weight excluding hydrogens is 527 g/mol. The molecule has 2 amide bonds. The Labute approximate surface area is 232 Å². The summed E-state index contributed by atoms with van der Waals surface area (Å²) < 4.78 is 24.9. The van der Waals surface area contributed by atoms with Gasteiger partial charge in [-0.05, 0) is 37.4 Å². The number of methoxy groups -OCH3 is 1. The molecule has 0 saturated carbocycles. The van der Waals surface area contributed by atoms with Gasteiger partial charge in [0.15, 0.2) is 5.13 Å². The lowest BCUT2D eigenvalue weighted by Crippen LogP contribution is -2.48. The predicted octanol–water partition coefficient (Wildman–Crippen LogP) is 1.90. The zero-order valence-electron chi connectivity index (χ0n) is 22.6. The molecule has 39 heavy (non-hydrogen) atoms. The standard InChI is InChI=1S/C27H39FN4O6S/c1-19(33)32-12-7-11-31(10-5-6-13-38-18-23(34)26(36)24(16-32)37-2)17-25(35)30-27-29-15-21(39-27)14-20-8-3-4-9-22(20)28/h3-4,8-9,15,23-24,26,34,36H,5-7,10-14,16-18H2,1-2H3,(H,29,30,35)/t23-,24-,26-/m0/s1. The van der Waals surface area contributed by atoms with E-state index in [1.807, 2.05) is 4.90 Å². The van der Waals surface area contributed by atoms with Crippen LogP contribution < -0.4 is 5.32 Å². The number of anilines is 1. The number of thiazole rings is 1. The second-order valence-electron chi connectivity index (χ2n) is 9.66. The van der Waals surface area contributed by atoms with Gasteiger partial charge in [0.2, 0.25) is 11.8 Å². The van der Waals surface area contributed by atoms with Crippen molar-refractivity contribution in [3.63, 3.8) is 0 Å². The summed E-state index contributed by atoms with van der Waals surface area (Å²) in [5.74, 6) is -0.642. The molecule has 3 N–H and O–H groups in total. The fraction of sp³-hybridized carbons (Fsp3) is 0.593. The van der Waals surface area contributed by atoms with Crippen LogP contribution in [0.2, 0.25) is 0 Å². The molecule has 2 heterocycles. The molecule has 0 aliphatic carbocycles. The number of hydrogen-bond donors (Lipinski definition) is 3. The first-order valence-electron chi connectivity index (χ1n) is 13.2. The van der Waals surface area contributed by atoms with Gasteiger partial charge in [-0.3, -0.25) is 14.5 Å². The summed E-state index contributed by atoms with van der Waals surface area (Å²) >= 11 is 1.32. The summed E-state index contributed by atoms with van der Waals surface area (Å²) in [4.78, 5) is 33.8. The van der Waals surface area contributed by atoms with Crippen LogP contribution in [0.4, 0.5) is 9.52 Å². The number of nitrogens with zero attached hydrogens (tertiary/aromatic N) is 3. The molecule has 1 aromatic heterocycles. The first-order chi connectivity index (χ1) is 18.8. The quantitative estimate of drug-likeness (QED) is 0.485. The average Bonchev–Trinajstić information content (AvgIpc) is 3.34. The summed E-state index contributed by atoms with van der Waals surface area (Å²) in [6, 6.07) is 6.59. The van der Waals surface area contributed by atoms with Crippen LogP contribution in [0.15, 0.2) is 30.5 Å². The number of aliphatic hydroxyl groups is 2. The van der Waals surface area contributed by atoms with E-state index in [2.05, 4.69) is 10.3 Å². The van der Waals surface area contributed by atoms with Gasteiger partial charge in [0.1, 0.15) is 24.1 Å². The van der Waals surface area contributed by atoms with E-state index in [-0.39, 0.29) is 37.3 Å². The minimum absolute atomic E-state index is 0.0417. The summed E-state index contributed by atoms with van der Waals surface area (Å²) in [6.45, 7) is 3.75. The van der Waals surface area contributed by atoms with Crippen molar-refractivity contribution in [2.75, 3.05) is 58.4 Å². The largest absolute Gasteiger partial charge is 0.388 e. The van der Waals surface area contributed by atoms with Crippen LogP contribution >= 0.6 is 11.3 Å². The Morgan fingerprint density at radius 3 is 2.72 bits per heavy atom. The summed E-state index contributed by atoms with van der Waals surface area (Å²) in [5, 5.41) is 24.1. The van der Waals surface area contributed by atoms with Crippen molar-refractivity contribution in [1.29, 1.82) is 0 Å². The second kappa shape index (κ2) is 15.9. The second-order valence-corrected chi connectivity index (χ2v) is 10.8. The Morgan fingerprint density at radius 1 is 1.21 bits per heavy atom. The summed E-state index contributed by atoms with van der Waals surface area (Å²) in [7, 11) is 1.43. The number of ether oxygens (including phenoxy) is 2. The number of carbonyl (C=O) groups excluding carboxylic acids is 2. The highest BCUT2D eigenvalue weighted by atomic mass is 32.1. The predicted molar refractivity (Wildman–Crippen MR) is 146 cm³/mol. The fourth-order valence-electron chi connectivity index (χ4n) is 4.40. The van der Waals surface area contributed by atoms with Crippen LogP contribution in [0.25, 0.3) is 0 Å². The molecule has 1 aliphatic heterocycles. The van der Waals surface area contributed by atoms with Crippen molar-refractivity contribution >= 4 is 28.3 Å². The van der Waals surface area contributed by atoms with Gasteiger partial charge in [0.25, 0.3) is 0 Å². The Morgan fingerprint density at radius 2 is 1.97 bits per heavy atom. The van der Waals surface area contributed by atoms with Crippen LogP contribution in [0.3, 0.4) is 0 Å². The molecule has 0 spiro atoms. The van der Waals surface area contributed by atoms with E-state index in [0.29, 0.717) is 49.8 Å². The maximum Gasteiger partial charge on any atom is 0.240 e. The Balaban J connectivity index is 1.58. The van der Waals surface area contributed by atoms with E-state index >= 15 is 0 Å². The maximum atomic E-state index is 14.0. The third kappa shape index (κ3) is 10.2. The normalized spacial score (nSPS) is 22.6. The SMILES string of the molecule is CO[C@H]1CN(C(C)=O)CCCN(CC(=O)Nc2ncc(Cc3ccccc3F)s2)CCCCOC[C@H](O)[C@@H]1O. The number of carbonyl (C=O) groups is 2. The van der Waals surface area contributed by atoms with Gasteiger partial charge >= 0.3 is 0 Å². The molecule has 1 aromatic carbocycles. The number of rotatable bonds is 6. The molecule has 10 nitrogen and oxygen atoms in total. The highest BCUT2D eigenvalue weighted by molar-refractivity contribution is 7.15. The lowest BCUT2D eigenvalue weighted by molar-refractivity contribution is -0.136. The summed E-state index contributed by atoms with van der Waals surface area (Å²) in [6.07, 6.45) is 1.07. The molecule has 216 valence electrons. The van der Waals surface area contributed by atoms with Gasteiger partial charge in [0.05, 0.1) is 13.2 Å². The van der Waals surface area contributed by atoms with E-state index in [4.69, 9.17) is 9.47 Å².